The van der Waals surface area contributed by atoms with E-state index in [1.54, 1.807) is 25.4 Å². The first-order chi connectivity index (χ1) is 12.0. The molecule has 0 saturated carbocycles. The Kier molecular flexibility index (Phi) is 4.81. The Morgan fingerprint density at radius 3 is 2.76 bits per heavy atom. The smallest absolute Gasteiger partial charge is 0.236 e. The van der Waals surface area contributed by atoms with E-state index >= 15 is 0 Å². The van der Waals surface area contributed by atoms with E-state index in [9.17, 15) is 10.1 Å². The van der Waals surface area contributed by atoms with E-state index in [2.05, 4.69) is 33.2 Å². The minimum Gasteiger partial charge on any atom is -0.367 e. The van der Waals surface area contributed by atoms with Gasteiger partial charge in [0.15, 0.2) is 0 Å². The van der Waals surface area contributed by atoms with E-state index in [1.807, 2.05) is 6.07 Å². The molecule has 1 aromatic carbocycles. The van der Waals surface area contributed by atoms with Gasteiger partial charge in [0.05, 0.1) is 17.3 Å². The standard InChI is InChI=1S/C18H22N6O/c1-11-7-14(23-18(25)12(2)20)10-24(9-11)15-4-3-13(8-19)16-17(15)22-6-5-21-16/h3-6,11-12,14H,7,9-10,20H2,1-2H3,(H,23,25)/t11-,12?,14+/m0/s1. The number of nitriles is 1. The summed E-state index contributed by atoms with van der Waals surface area (Å²) in [5.74, 6) is 0.276. The van der Waals surface area contributed by atoms with E-state index < -0.39 is 6.04 Å². The molecule has 1 fully saturated rings. The average Bonchev–Trinajstić information content (AvgIpc) is 2.60. The van der Waals surface area contributed by atoms with Gasteiger partial charge in [-0.25, -0.2) is 0 Å². The highest BCUT2D eigenvalue weighted by Gasteiger charge is 2.28. The number of anilines is 1. The van der Waals surface area contributed by atoms with Crippen LogP contribution in [-0.4, -0.2) is 41.0 Å². The van der Waals surface area contributed by atoms with Gasteiger partial charge in [-0.05, 0) is 31.4 Å². The van der Waals surface area contributed by atoms with Crippen molar-refractivity contribution >= 4 is 22.6 Å². The number of nitrogens with one attached hydrogen (secondary N) is 1. The predicted molar refractivity (Wildman–Crippen MR) is 95.8 cm³/mol. The zero-order valence-electron chi connectivity index (χ0n) is 14.4. The van der Waals surface area contributed by atoms with Crippen LogP contribution in [0.25, 0.3) is 11.0 Å². The highest BCUT2D eigenvalue weighted by atomic mass is 16.2. The molecular formula is C18H22N6O. The third-order valence-electron chi connectivity index (χ3n) is 4.48. The summed E-state index contributed by atoms with van der Waals surface area (Å²) in [7, 11) is 0. The first kappa shape index (κ1) is 17.1. The van der Waals surface area contributed by atoms with Crippen LogP contribution in [0, 0.1) is 17.2 Å². The molecule has 1 aliphatic rings. The average molecular weight is 338 g/mol. The Labute approximate surface area is 146 Å². The van der Waals surface area contributed by atoms with Crippen LogP contribution >= 0.6 is 0 Å². The lowest BCUT2D eigenvalue weighted by Crippen LogP contribution is -2.53. The van der Waals surface area contributed by atoms with Gasteiger partial charge in [-0.15, -0.1) is 0 Å². The number of nitrogens with zero attached hydrogens (tertiary/aromatic N) is 4. The van der Waals surface area contributed by atoms with E-state index in [4.69, 9.17) is 5.73 Å². The van der Waals surface area contributed by atoms with Crippen molar-refractivity contribution in [2.45, 2.75) is 32.4 Å². The van der Waals surface area contributed by atoms with Crippen molar-refractivity contribution in [2.75, 3.05) is 18.0 Å². The molecule has 2 aromatic rings. The number of hydrogen-bond acceptors (Lipinski definition) is 6. The maximum Gasteiger partial charge on any atom is 0.236 e. The summed E-state index contributed by atoms with van der Waals surface area (Å²) in [6.45, 7) is 5.39. The quantitative estimate of drug-likeness (QED) is 0.870. The van der Waals surface area contributed by atoms with Gasteiger partial charge >= 0.3 is 0 Å². The van der Waals surface area contributed by atoms with Crippen LogP contribution < -0.4 is 16.0 Å². The van der Waals surface area contributed by atoms with Crippen LogP contribution in [0.1, 0.15) is 25.8 Å². The molecule has 3 N–H and O–H groups in total. The molecule has 0 aliphatic carbocycles. The van der Waals surface area contributed by atoms with Crippen LogP contribution in [0.2, 0.25) is 0 Å². The van der Waals surface area contributed by atoms with E-state index in [1.165, 1.54) is 0 Å². The molecule has 7 heteroatoms. The first-order valence-corrected chi connectivity index (χ1v) is 8.44. The normalized spacial score (nSPS) is 21.6. The molecule has 1 aromatic heterocycles. The number of aromatic nitrogens is 2. The molecule has 0 bridgehead atoms. The molecule has 130 valence electrons. The van der Waals surface area contributed by atoms with Crippen molar-refractivity contribution in [3.63, 3.8) is 0 Å². The molecular weight excluding hydrogens is 316 g/mol. The summed E-state index contributed by atoms with van der Waals surface area (Å²) in [5.41, 5.74) is 8.44. The van der Waals surface area contributed by atoms with Gasteiger partial charge in [-0.3, -0.25) is 14.8 Å². The maximum atomic E-state index is 11.9. The third-order valence-corrected chi connectivity index (χ3v) is 4.48. The predicted octanol–water partition coefficient (Wildman–Crippen LogP) is 1.18. The van der Waals surface area contributed by atoms with Crippen LogP contribution in [0.4, 0.5) is 5.69 Å². The zero-order valence-corrected chi connectivity index (χ0v) is 14.4. The lowest BCUT2D eigenvalue weighted by atomic mass is 9.94. The summed E-state index contributed by atoms with van der Waals surface area (Å²) < 4.78 is 0. The molecule has 3 atom stereocenters. The third kappa shape index (κ3) is 3.54. The van der Waals surface area contributed by atoms with Crippen LogP contribution in [0.5, 0.6) is 0 Å². The lowest BCUT2D eigenvalue weighted by Gasteiger charge is -2.38. The molecule has 2 heterocycles. The number of carbonyl (C=O) groups is 1. The molecule has 7 nitrogen and oxygen atoms in total. The fourth-order valence-electron chi connectivity index (χ4n) is 3.37. The Hall–Kier alpha value is -2.72. The number of piperidine rings is 1. The summed E-state index contributed by atoms with van der Waals surface area (Å²) in [4.78, 5) is 22.9. The molecule has 0 radical (unpaired) electrons. The molecule has 1 saturated heterocycles. The number of carbonyl (C=O) groups excluding carboxylic acids is 1. The number of benzene rings is 1. The Bertz CT molecular complexity index is 828. The largest absolute Gasteiger partial charge is 0.367 e. The maximum absolute atomic E-state index is 11.9. The second-order valence-corrected chi connectivity index (χ2v) is 6.74. The first-order valence-electron chi connectivity index (χ1n) is 8.44. The molecule has 3 rings (SSSR count). The topological polar surface area (TPSA) is 108 Å². The van der Waals surface area contributed by atoms with E-state index in [0.29, 0.717) is 29.1 Å². The highest BCUT2D eigenvalue weighted by molar-refractivity contribution is 5.92. The Balaban J connectivity index is 1.92. The van der Waals surface area contributed by atoms with Gasteiger partial charge in [0.25, 0.3) is 0 Å². The fourth-order valence-corrected chi connectivity index (χ4v) is 3.37. The molecule has 1 unspecified atom stereocenters. The highest BCUT2D eigenvalue weighted by Crippen LogP contribution is 2.30. The van der Waals surface area contributed by atoms with Crippen molar-refractivity contribution in [3.8, 4) is 6.07 Å². The minimum absolute atomic E-state index is 0.0321. The van der Waals surface area contributed by atoms with E-state index in [-0.39, 0.29) is 11.9 Å². The summed E-state index contributed by atoms with van der Waals surface area (Å²) in [5, 5.41) is 12.3. The minimum atomic E-state index is -0.521. The van der Waals surface area contributed by atoms with Gasteiger partial charge in [0.2, 0.25) is 5.91 Å². The second kappa shape index (κ2) is 7.03. The Morgan fingerprint density at radius 2 is 2.08 bits per heavy atom. The molecule has 25 heavy (non-hydrogen) atoms. The molecule has 1 amide bonds. The number of nitrogens with two attached hydrogens (primary N) is 1. The van der Waals surface area contributed by atoms with Crippen molar-refractivity contribution in [3.05, 3.63) is 30.1 Å². The van der Waals surface area contributed by atoms with Crippen LogP contribution in [0.15, 0.2) is 24.5 Å². The van der Waals surface area contributed by atoms with Crippen molar-refractivity contribution < 1.29 is 4.79 Å². The Morgan fingerprint density at radius 1 is 1.36 bits per heavy atom. The zero-order chi connectivity index (χ0) is 18.0. The summed E-state index contributed by atoms with van der Waals surface area (Å²) >= 11 is 0. The number of amides is 1. The molecule has 1 aliphatic heterocycles. The van der Waals surface area contributed by atoms with Crippen molar-refractivity contribution in [1.29, 1.82) is 5.26 Å². The monoisotopic (exact) mass is 338 g/mol. The van der Waals surface area contributed by atoms with Gasteiger partial charge in [0, 0.05) is 31.5 Å². The summed E-state index contributed by atoms with van der Waals surface area (Å²) in [6.07, 6.45) is 4.14. The van der Waals surface area contributed by atoms with E-state index in [0.717, 1.165) is 18.7 Å². The van der Waals surface area contributed by atoms with Crippen LogP contribution in [-0.2, 0) is 4.79 Å². The van der Waals surface area contributed by atoms with Gasteiger partial charge in [0.1, 0.15) is 17.1 Å². The van der Waals surface area contributed by atoms with Crippen molar-refractivity contribution in [2.24, 2.45) is 11.7 Å². The summed E-state index contributed by atoms with van der Waals surface area (Å²) in [6, 6.07) is 5.37. The lowest BCUT2D eigenvalue weighted by molar-refractivity contribution is -0.122. The SMILES string of the molecule is CC(N)C(=O)N[C@@H]1C[C@H](C)CN(c2ccc(C#N)c3nccnc23)C1. The number of hydrogen-bond donors (Lipinski definition) is 2. The van der Waals surface area contributed by atoms with Crippen LogP contribution in [0.3, 0.4) is 0 Å². The van der Waals surface area contributed by atoms with Crippen molar-refractivity contribution in [1.82, 2.24) is 15.3 Å². The van der Waals surface area contributed by atoms with Gasteiger partial charge in [-0.1, -0.05) is 6.92 Å². The van der Waals surface area contributed by atoms with Gasteiger partial charge in [-0.2, -0.15) is 5.26 Å². The van der Waals surface area contributed by atoms with Gasteiger partial charge < -0.3 is 16.0 Å². The number of rotatable bonds is 3. The fraction of sp³-hybridized carbons (Fsp3) is 0.444. The number of fused-ring (bicyclic) bond motifs is 1. The second-order valence-electron chi connectivity index (χ2n) is 6.74. The molecule has 0 spiro atoms.